The van der Waals surface area contributed by atoms with Gasteiger partial charge in [-0.05, 0) is 86.3 Å². The summed E-state index contributed by atoms with van der Waals surface area (Å²) >= 11 is 1.45. The number of anilines is 1. The quantitative estimate of drug-likeness (QED) is 0.442. The first-order chi connectivity index (χ1) is 16.3. The van der Waals surface area contributed by atoms with E-state index in [9.17, 15) is 4.79 Å². The molecule has 6 heteroatoms. The summed E-state index contributed by atoms with van der Waals surface area (Å²) in [6.45, 7) is 8.21. The van der Waals surface area contributed by atoms with E-state index in [2.05, 4.69) is 37.4 Å². The Bertz CT molecular complexity index is 1290. The number of rotatable bonds is 5. The lowest BCUT2D eigenvalue weighted by Crippen LogP contribution is -2.16. The number of fused-ring (bicyclic) bond motifs is 1. The van der Waals surface area contributed by atoms with E-state index in [1.54, 1.807) is 7.11 Å². The summed E-state index contributed by atoms with van der Waals surface area (Å²) < 4.78 is 5.42. The molecular weight excluding hydrogens is 442 g/mol. The van der Waals surface area contributed by atoms with E-state index >= 15 is 0 Å². The zero-order valence-corrected chi connectivity index (χ0v) is 21.0. The number of methoxy groups -OCH3 is 1. The second kappa shape index (κ2) is 10.3. The first kappa shape index (κ1) is 23.8. The van der Waals surface area contributed by atoms with Crippen molar-refractivity contribution in [1.29, 1.82) is 0 Å². The molecule has 0 saturated heterocycles. The van der Waals surface area contributed by atoms with Crippen molar-refractivity contribution < 1.29 is 9.53 Å². The molecule has 34 heavy (non-hydrogen) atoms. The topological polar surface area (TPSA) is 63.1 Å². The van der Waals surface area contributed by atoms with Crippen molar-refractivity contribution in [3.8, 4) is 5.75 Å². The second-order valence-electron chi connectivity index (χ2n) is 8.61. The van der Waals surface area contributed by atoms with E-state index in [0.29, 0.717) is 6.42 Å². The lowest BCUT2D eigenvalue weighted by Gasteiger charge is -2.10. The highest BCUT2D eigenvalue weighted by Crippen LogP contribution is 2.36. The molecule has 0 radical (unpaired) electrons. The maximum absolute atomic E-state index is 12.7. The smallest absolute Gasteiger partial charge is 0.234 e. The summed E-state index contributed by atoms with van der Waals surface area (Å²) in [6.07, 6.45) is 0.543. The maximum Gasteiger partial charge on any atom is 0.234 e. The number of nitrogens with zero attached hydrogens (tertiary/aromatic N) is 2. The number of hydrogen-bond acceptors (Lipinski definition) is 5. The van der Waals surface area contributed by atoms with Crippen LogP contribution >= 0.6 is 11.8 Å². The molecule has 1 N–H and O–H groups in total. The minimum atomic E-state index is -0.0536. The molecule has 0 bridgehead atoms. The standard InChI is InChI=1S/C28H29N3O2S/c1-17-9-18(2)11-22(10-17)29-27(32)16-34-28-15-24(21-7-6-8-23(14-21)33-5)30-25-12-19(3)20(4)13-26(25)31-28/h6-14H,15-16H2,1-5H3,(H,29,32). The van der Waals surface area contributed by atoms with Crippen molar-refractivity contribution in [3.05, 3.63) is 82.4 Å². The first-order valence-corrected chi connectivity index (χ1v) is 12.2. The van der Waals surface area contributed by atoms with Crippen LogP contribution in [-0.4, -0.2) is 29.5 Å². The molecule has 0 unspecified atom stereocenters. The normalized spacial score (nSPS) is 12.9. The Labute approximate surface area is 205 Å². The van der Waals surface area contributed by atoms with E-state index in [1.807, 2.05) is 50.2 Å². The third-order valence-electron chi connectivity index (χ3n) is 5.69. The SMILES string of the molecule is COc1cccc(C2=Nc3cc(C)c(C)cc3N=C(SCC(=O)Nc3cc(C)cc(C)c3)C2)c1. The lowest BCUT2D eigenvalue weighted by molar-refractivity contribution is -0.113. The van der Waals surface area contributed by atoms with Gasteiger partial charge < -0.3 is 10.1 Å². The van der Waals surface area contributed by atoms with Crippen molar-refractivity contribution in [2.24, 2.45) is 9.98 Å². The number of thioether (sulfide) groups is 1. The summed E-state index contributed by atoms with van der Waals surface area (Å²) in [5.41, 5.74) is 8.97. The molecule has 1 aliphatic heterocycles. The molecular formula is C28H29N3O2S. The molecule has 0 spiro atoms. The average molecular weight is 472 g/mol. The average Bonchev–Trinajstić information content (AvgIpc) is 2.96. The molecule has 1 aliphatic rings. The van der Waals surface area contributed by atoms with Gasteiger partial charge in [-0.25, -0.2) is 4.99 Å². The molecule has 5 nitrogen and oxygen atoms in total. The zero-order chi connectivity index (χ0) is 24.2. The summed E-state index contributed by atoms with van der Waals surface area (Å²) in [7, 11) is 1.66. The van der Waals surface area contributed by atoms with Gasteiger partial charge in [-0.15, -0.1) is 11.8 Å². The number of hydrogen-bond donors (Lipinski definition) is 1. The van der Waals surface area contributed by atoms with Gasteiger partial charge in [0, 0.05) is 17.7 Å². The summed E-state index contributed by atoms with van der Waals surface area (Å²) in [4.78, 5) is 22.6. The van der Waals surface area contributed by atoms with Crippen LogP contribution in [0, 0.1) is 27.7 Å². The highest BCUT2D eigenvalue weighted by Gasteiger charge is 2.18. The van der Waals surface area contributed by atoms with E-state index in [-0.39, 0.29) is 11.7 Å². The Morgan fingerprint density at radius 1 is 0.941 bits per heavy atom. The number of amides is 1. The molecule has 0 saturated carbocycles. The molecule has 0 aromatic heterocycles. The molecule has 3 aromatic carbocycles. The number of aliphatic imine (C=N–C) groups is 2. The first-order valence-electron chi connectivity index (χ1n) is 11.2. The monoisotopic (exact) mass is 471 g/mol. The predicted octanol–water partition coefficient (Wildman–Crippen LogP) is 6.86. The minimum Gasteiger partial charge on any atom is -0.497 e. The Morgan fingerprint density at radius 2 is 1.62 bits per heavy atom. The van der Waals surface area contributed by atoms with Crippen LogP contribution in [0.2, 0.25) is 0 Å². The van der Waals surface area contributed by atoms with Gasteiger partial charge >= 0.3 is 0 Å². The highest BCUT2D eigenvalue weighted by atomic mass is 32.2. The largest absolute Gasteiger partial charge is 0.497 e. The molecule has 174 valence electrons. The van der Waals surface area contributed by atoms with Crippen molar-refractivity contribution in [1.82, 2.24) is 0 Å². The van der Waals surface area contributed by atoms with Gasteiger partial charge in [0.15, 0.2) is 0 Å². The highest BCUT2D eigenvalue weighted by molar-refractivity contribution is 8.14. The van der Waals surface area contributed by atoms with Crippen molar-refractivity contribution in [3.63, 3.8) is 0 Å². The van der Waals surface area contributed by atoms with Crippen molar-refractivity contribution >= 4 is 45.5 Å². The second-order valence-corrected chi connectivity index (χ2v) is 9.66. The lowest BCUT2D eigenvalue weighted by atomic mass is 10.1. The Balaban J connectivity index is 1.59. The van der Waals surface area contributed by atoms with Crippen LogP contribution < -0.4 is 10.1 Å². The fraction of sp³-hybridized carbons (Fsp3) is 0.250. The van der Waals surface area contributed by atoms with Crippen LogP contribution in [0.4, 0.5) is 17.1 Å². The van der Waals surface area contributed by atoms with E-state index in [1.165, 1.54) is 22.9 Å². The molecule has 1 amide bonds. The molecule has 3 aromatic rings. The van der Waals surface area contributed by atoms with Gasteiger partial charge in [-0.1, -0.05) is 18.2 Å². The number of benzene rings is 3. The molecule has 1 heterocycles. The van der Waals surface area contributed by atoms with Crippen molar-refractivity contribution in [2.45, 2.75) is 34.1 Å². The molecule has 0 atom stereocenters. The van der Waals surface area contributed by atoms with E-state index in [0.717, 1.165) is 50.3 Å². The Kier molecular flexibility index (Phi) is 7.17. The third-order valence-corrected chi connectivity index (χ3v) is 6.66. The van der Waals surface area contributed by atoms with Crippen LogP contribution in [0.25, 0.3) is 0 Å². The number of ether oxygens (including phenoxy) is 1. The number of aryl methyl sites for hydroxylation is 4. The molecule has 0 aliphatic carbocycles. The van der Waals surface area contributed by atoms with Crippen LogP contribution in [0.3, 0.4) is 0 Å². The van der Waals surface area contributed by atoms with Crippen LogP contribution in [0.5, 0.6) is 5.75 Å². The molecule has 0 fully saturated rings. The minimum absolute atomic E-state index is 0.0536. The zero-order valence-electron chi connectivity index (χ0n) is 20.2. The third kappa shape index (κ3) is 5.75. The number of carbonyl (C=O) groups is 1. The number of carbonyl (C=O) groups excluding carboxylic acids is 1. The van der Waals surface area contributed by atoms with Gasteiger partial charge in [-0.3, -0.25) is 9.79 Å². The Hall–Kier alpha value is -3.38. The van der Waals surface area contributed by atoms with Gasteiger partial charge in [0.1, 0.15) is 5.75 Å². The molecule has 4 rings (SSSR count). The Morgan fingerprint density at radius 3 is 2.29 bits per heavy atom. The fourth-order valence-electron chi connectivity index (χ4n) is 3.91. The van der Waals surface area contributed by atoms with Gasteiger partial charge in [0.2, 0.25) is 5.91 Å². The summed E-state index contributed by atoms with van der Waals surface area (Å²) in [5.74, 6) is 1.00. The van der Waals surface area contributed by atoms with Gasteiger partial charge in [0.05, 0.1) is 35.0 Å². The number of nitrogens with one attached hydrogen (secondary N) is 1. The van der Waals surface area contributed by atoms with E-state index < -0.39 is 0 Å². The van der Waals surface area contributed by atoms with Crippen LogP contribution in [-0.2, 0) is 4.79 Å². The van der Waals surface area contributed by atoms with Crippen molar-refractivity contribution in [2.75, 3.05) is 18.2 Å². The summed E-state index contributed by atoms with van der Waals surface area (Å²) in [5, 5.41) is 3.87. The van der Waals surface area contributed by atoms with Gasteiger partial charge in [-0.2, -0.15) is 0 Å². The van der Waals surface area contributed by atoms with E-state index in [4.69, 9.17) is 14.7 Å². The maximum atomic E-state index is 12.7. The van der Waals surface area contributed by atoms with Crippen LogP contribution in [0.1, 0.15) is 34.2 Å². The van der Waals surface area contributed by atoms with Crippen LogP contribution in [0.15, 0.2) is 64.6 Å². The predicted molar refractivity (Wildman–Crippen MR) is 144 cm³/mol. The fourth-order valence-corrected chi connectivity index (χ4v) is 4.68. The van der Waals surface area contributed by atoms with Gasteiger partial charge in [0.25, 0.3) is 0 Å². The summed E-state index contributed by atoms with van der Waals surface area (Å²) in [6, 6.07) is 18.1.